The van der Waals surface area contributed by atoms with E-state index in [0.717, 1.165) is 24.4 Å². The van der Waals surface area contributed by atoms with Crippen LogP contribution in [0.2, 0.25) is 0 Å². The van der Waals surface area contributed by atoms with E-state index < -0.39 is 6.36 Å². The molecule has 114 valence electrons. The minimum atomic E-state index is -4.63. The Morgan fingerprint density at radius 3 is 2.30 bits per heavy atom. The Balaban J connectivity index is 2.21. The topological polar surface area (TPSA) is 21.3 Å². The van der Waals surface area contributed by atoms with Crippen molar-refractivity contribution in [2.24, 2.45) is 5.92 Å². The van der Waals surface area contributed by atoms with Gasteiger partial charge in [-0.2, -0.15) is 0 Å². The highest BCUT2D eigenvalue weighted by atomic mass is 19.4. The third-order valence-corrected chi connectivity index (χ3v) is 2.87. The lowest BCUT2D eigenvalue weighted by molar-refractivity contribution is -0.274. The molecule has 0 saturated heterocycles. The van der Waals surface area contributed by atoms with Crippen LogP contribution in [0.3, 0.4) is 0 Å². The van der Waals surface area contributed by atoms with Crippen LogP contribution in [-0.4, -0.2) is 12.9 Å². The SMILES string of the molecule is CC(C)CCCCNCc1ccc(OC(F)(F)F)cc1. The van der Waals surface area contributed by atoms with Crippen LogP contribution in [0.5, 0.6) is 5.75 Å². The first kappa shape index (κ1) is 16.8. The fourth-order valence-electron chi connectivity index (χ4n) is 1.84. The largest absolute Gasteiger partial charge is 0.573 e. The van der Waals surface area contributed by atoms with Gasteiger partial charge in [0.05, 0.1) is 0 Å². The number of benzene rings is 1. The summed E-state index contributed by atoms with van der Waals surface area (Å²) in [7, 11) is 0. The van der Waals surface area contributed by atoms with Gasteiger partial charge in [-0.1, -0.05) is 38.8 Å². The Morgan fingerprint density at radius 2 is 1.75 bits per heavy atom. The Kier molecular flexibility index (Phi) is 6.85. The van der Waals surface area contributed by atoms with Crippen molar-refractivity contribution < 1.29 is 17.9 Å². The van der Waals surface area contributed by atoms with E-state index in [1.165, 1.54) is 25.0 Å². The highest BCUT2D eigenvalue weighted by Crippen LogP contribution is 2.22. The molecule has 0 bridgehead atoms. The predicted molar refractivity (Wildman–Crippen MR) is 73.5 cm³/mol. The Bertz CT molecular complexity index is 374. The summed E-state index contributed by atoms with van der Waals surface area (Å²) in [4.78, 5) is 0. The molecular formula is C15H22F3NO. The van der Waals surface area contributed by atoms with Crippen LogP contribution < -0.4 is 10.1 Å². The molecule has 5 heteroatoms. The summed E-state index contributed by atoms with van der Waals surface area (Å²) in [6, 6.07) is 5.96. The first-order chi connectivity index (χ1) is 9.37. The number of alkyl halides is 3. The Morgan fingerprint density at radius 1 is 1.10 bits per heavy atom. The number of hydrogen-bond donors (Lipinski definition) is 1. The van der Waals surface area contributed by atoms with Crippen molar-refractivity contribution >= 4 is 0 Å². The zero-order chi connectivity index (χ0) is 15.0. The molecule has 0 aliphatic heterocycles. The summed E-state index contributed by atoms with van der Waals surface area (Å²) in [6.07, 6.45) is -1.09. The average molecular weight is 289 g/mol. The minimum absolute atomic E-state index is 0.182. The lowest BCUT2D eigenvalue weighted by atomic mass is 10.1. The number of nitrogens with one attached hydrogen (secondary N) is 1. The van der Waals surface area contributed by atoms with Crippen molar-refractivity contribution in [2.75, 3.05) is 6.54 Å². The molecule has 2 nitrogen and oxygen atoms in total. The predicted octanol–water partition coefficient (Wildman–Crippen LogP) is 4.50. The number of rotatable bonds is 8. The van der Waals surface area contributed by atoms with Gasteiger partial charge >= 0.3 is 6.36 Å². The summed E-state index contributed by atoms with van der Waals surface area (Å²) < 4.78 is 39.8. The van der Waals surface area contributed by atoms with Crippen molar-refractivity contribution in [1.29, 1.82) is 0 Å². The van der Waals surface area contributed by atoms with Gasteiger partial charge in [0.1, 0.15) is 5.75 Å². The number of ether oxygens (including phenoxy) is 1. The monoisotopic (exact) mass is 289 g/mol. The maximum absolute atomic E-state index is 12.0. The van der Waals surface area contributed by atoms with Crippen LogP contribution in [0.1, 0.15) is 38.7 Å². The van der Waals surface area contributed by atoms with Crippen molar-refractivity contribution in [3.63, 3.8) is 0 Å². The second-order valence-corrected chi connectivity index (χ2v) is 5.26. The van der Waals surface area contributed by atoms with Gasteiger partial charge in [0.2, 0.25) is 0 Å². The molecule has 0 unspecified atom stereocenters. The summed E-state index contributed by atoms with van der Waals surface area (Å²) in [5, 5.41) is 3.28. The first-order valence-electron chi connectivity index (χ1n) is 6.92. The quantitative estimate of drug-likeness (QED) is 0.711. The van der Waals surface area contributed by atoms with E-state index in [1.54, 1.807) is 12.1 Å². The fraction of sp³-hybridized carbons (Fsp3) is 0.600. The number of hydrogen-bond acceptors (Lipinski definition) is 2. The summed E-state index contributed by atoms with van der Waals surface area (Å²) in [5.74, 6) is 0.550. The molecule has 0 amide bonds. The maximum atomic E-state index is 12.0. The summed E-state index contributed by atoms with van der Waals surface area (Å²) in [5.41, 5.74) is 0.948. The van der Waals surface area contributed by atoms with E-state index in [4.69, 9.17) is 0 Å². The lowest BCUT2D eigenvalue weighted by Crippen LogP contribution is -2.17. The molecule has 0 heterocycles. The molecule has 0 fully saturated rings. The van der Waals surface area contributed by atoms with Gasteiger partial charge in [-0.3, -0.25) is 0 Å². The van der Waals surface area contributed by atoms with Crippen LogP contribution in [0.4, 0.5) is 13.2 Å². The van der Waals surface area contributed by atoms with E-state index in [-0.39, 0.29) is 5.75 Å². The highest BCUT2D eigenvalue weighted by molar-refractivity contribution is 5.27. The van der Waals surface area contributed by atoms with Crippen LogP contribution >= 0.6 is 0 Å². The van der Waals surface area contributed by atoms with E-state index >= 15 is 0 Å². The molecule has 0 radical (unpaired) electrons. The third kappa shape index (κ3) is 8.04. The fourth-order valence-corrected chi connectivity index (χ4v) is 1.84. The molecule has 1 aromatic carbocycles. The molecule has 20 heavy (non-hydrogen) atoms. The van der Waals surface area contributed by atoms with Crippen LogP contribution in [-0.2, 0) is 6.54 Å². The summed E-state index contributed by atoms with van der Waals surface area (Å²) in [6.45, 7) is 6.00. The molecule has 1 N–H and O–H groups in total. The first-order valence-corrected chi connectivity index (χ1v) is 6.92. The Hall–Kier alpha value is -1.23. The molecule has 0 atom stereocenters. The normalized spacial score (nSPS) is 11.9. The molecule has 0 saturated carbocycles. The number of halogens is 3. The highest BCUT2D eigenvalue weighted by Gasteiger charge is 2.30. The molecule has 1 aromatic rings. The van der Waals surface area contributed by atoms with Crippen LogP contribution in [0.25, 0.3) is 0 Å². The smallest absolute Gasteiger partial charge is 0.406 e. The van der Waals surface area contributed by atoms with Crippen LogP contribution in [0.15, 0.2) is 24.3 Å². The van der Waals surface area contributed by atoms with Gasteiger partial charge in [-0.25, -0.2) is 0 Å². The molecule has 0 aromatic heterocycles. The zero-order valence-electron chi connectivity index (χ0n) is 12.0. The summed E-state index contributed by atoms with van der Waals surface area (Å²) >= 11 is 0. The van der Waals surface area contributed by atoms with Gasteiger partial charge in [0, 0.05) is 6.54 Å². The molecule has 1 rings (SSSR count). The van der Waals surface area contributed by atoms with Gasteiger partial charge in [-0.15, -0.1) is 13.2 Å². The number of unbranched alkanes of at least 4 members (excludes halogenated alkanes) is 1. The standard InChI is InChI=1S/C15H22F3NO/c1-12(2)5-3-4-10-19-11-13-6-8-14(9-7-13)20-15(16,17)18/h6-9,12,19H,3-5,10-11H2,1-2H3. The van der Waals surface area contributed by atoms with Crippen molar-refractivity contribution in [1.82, 2.24) is 5.32 Å². The lowest BCUT2D eigenvalue weighted by Gasteiger charge is -2.10. The van der Waals surface area contributed by atoms with E-state index in [2.05, 4.69) is 23.9 Å². The van der Waals surface area contributed by atoms with E-state index in [1.807, 2.05) is 0 Å². The molecule has 0 spiro atoms. The van der Waals surface area contributed by atoms with E-state index in [0.29, 0.717) is 6.54 Å². The van der Waals surface area contributed by atoms with E-state index in [9.17, 15) is 13.2 Å². The molecule has 0 aliphatic carbocycles. The van der Waals surface area contributed by atoms with Gasteiger partial charge in [0.25, 0.3) is 0 Å². The minimum Gasteiger partial charge on any atom is -0.406 e. The second-order valence-electron chi connectivity index (χ2n) is 5.26. The van der Waals surface area contributed by atoms with Crippen molar-refractivity contribution in [2.45, 2.75) is 46.0 Å². The van der Waals surface area contributed by atoms with Gasteiger partial charge < -0.3 is 10.1 Å². The Labute approximate surface area is 118 Å². The molecule has 0 aliphatic rings. The van der Waals surface area contributed by atoms with Crippen molar-refractivity contribution in [3.05, 3.63) is 29.8 Å². The van der Waals surface area contributed by atoms with Crippen molar-refractivity contribution in [3.8, 4) is 5.75 Å². The maximum Gasteiger partial charge on any atom is 0.573 e. The van der Waals surface area contributed by atoms with Gasteiger partial charge in [-0.05, 0) is 36.6 Å². The van der Waals surface area contributed by atoms with Gasteiger partial charge in [0.15, 0.2) is 0 Å². The van der Waals surface area contributed by atoms with Crippen LogP contribution in [0, 0.1) is 5.92 Å². The second kappa shape index (κ2) is 8.15. The average Bonchev–Trinajstić information content (AvgIpc) is 2.33. The molecular weight excluding hydrogens is 267 g/mol. The third-order valence-electron chi connectivity index (χ3n) is 2.87. The zero-order valence-corrected chi connectivity index (χ0v) is 12.0.